The lowest BCUT2D eigenvalue weighted by atomic mass is 10.1. The Morgan fingerprint density at radius 1 is 1.38 bits per heavy atom. The smallest absolute Gasteiger partial charge is 0.250 e. The minimum absolute atomic E-state index is 0.206. The maximum Gasteiger partial charge on any atom is 0.250 e. The topological polar surface area (TPSA) is 38.9 Å². The molecule has 0 unspecified atom stereocenters. The van der Waals surface area contributed by atoms with Gasteiger partial charge in [0.1, 0.15) is 5.82 Å². The van der Waals surface area contributed by atoms with Gasteiger partial charge < -0.3 is 4.42 Å². The SMILES string of the molecule is Cc1ccc(-c2nnco2)c(F)c1. The molecule has 3 nitrogen and oxygen atoms in total. The highest BCUT2D eigenvalue weighted by atomic mass is 19.1. The van der Waals surface area contributed by atoms with Gasteiger partial charge in [0.25, 0.3) is 0 Å². The van der Waals surface area contributed by atoms with Crippen LogP contribution >= 0.6 is 0 Å². The molecule has 0 spiro atoms. The average molecular weight is 178 g/mol. The van der Waals surface area contributed by atoms with Gasteiger partial charge in [-0.25, -0.2) is 4.39 Å². The van der Waals surface area contributed by atoms with E-state index in [1.165, 1.54) is 12.5 Å². The number of nitrogens with zero attached hydrogens (tertiary/aromatic N) is 2. The van der Waals surface area contributed by atoms with E-state index in [9.17, 15) is 4.39 Å². The van der Waals surface area contributed by atoms with Crippen molar-refractivity contribution in [2.24, 2.45) is 0 Å². The fourth-order valence-corrected chi connectivity index (χ4v) is 1.08. The van der Waals surface area contributed by atoms with Gasteiger partial charge in [0, 0.05) is 0 Å². The van der Waals surface area contributed by atoms with E-state index in [4.69, 9.17) is 4.42 Å². The van der Waals surface area contributed by atoms with E-state index in [0.29, 0.717) is 5.56 Å². The first kappa shape index (κ1) is 7.91. The van der Waals surface area contributed by atoms with Crippen LogP contribution in [0.5, 0.6) is 0 Å². The molecule has 2 aromatic rings. The Morgan fingerprint density at radius 2 is 2.23 bits per heavy atom. The maximum atomic E-state index is 13.3. The summed E-state index contributed by atoms with van der Waals surface area (Å²) in [6.45, 7) is 1.82. The van der Waals surface area contributed by atoms with Crippen molar-refractivity contribution in [1.29, 1.82) is 0 Å². The van der Waals surface area contributed by atoms with Crippen molar-refractivity contribution in [2.75, 3.05) is 0 Å². The van der Waals surface area contributed by atoms with Crippen molar-refractivity contribution in [3.8, 4) is 11.5 Å². The predicted octanol–water partition coefficient (Wildman–Crippen LogP) is 2.18. The van der Waals surface area contributed by atoms with Gasteiger partial charge in [-0.2, -0.15) is 0 Å². The Morgan fingerprint density at radius 3 is 2.85 bits per heavy atom. The highest BCUT2D eigenvalue weighted by Gasteiger charge is 2.08. The molecule has 0 aliphatic rings. The molecular weight excluding hydrogens is 171 g/mol. The lowest BCUT2D eigenvalue weighted by molar-refractivity contribution is 0.557. The molecule has 0 atom stereocenters. The number of aryl methyl sites for hydroxylation is 1. The summed E-state index contributed by atoms with van der Waals surface area (Å²) in [5, 5.41) is 7.10. The van der Waals surface area contributed by atoms with E-state index in [1.54, 1.807) is 12.1 Å². The monoisotopic (exact) mass is 178 g/mol. The van der Waals surface area contributed by atoms with Crippen LogP contribution in [0.25, 0.3) is 11.5 Å². The Labute approximate surface area is 74.2 Å². The molecule has 0 saturated carbocycles. The van der Waals surface area contributed by atoms with Crippen LogP contribution in [0.2, 0.25) is 0 Å². The van der Waals surface area contributed by atoms with Gasteiger partial charge in [-0.3, -0.25) is 0 Å². The number of rotatable bonds is 1. The van der Waals surface area contributed by atoms with Crippen LogP contribution in [0.1, 0.15) is 5.56 Å². The van der Waals surface area contributed by atoms with Crippen LogP contribution < -0.4 is 0 Å². The largest absolute Gasteiger partial charge is 0.423 e. The second kappa shape index (κ2) is 2.97. The van der Waals surface area contributed by atoms with Gasteiger partial charge in [0.05, 0.1) is 5.56 Å². The molecule has 2 rings (SSSR count). The second-order valence-electron chi connectivity index (χ2n) is 2.73. The van der Waals surface area contributed by atoms with Gasteiger partial charge in [-0.05, 0) is 24.6 Å². The van der Waals surface area contributed by atoms with Crippen molar-refractivity contribution < 1.29 is 8.81 Å². The Kier molecular flexibility index (Phi) is 1.81. The lowest BCUT2D eigenvalue weighted by Gasteiger charge is -1.97. The molecule has 0 aliphatic heterocycles. The first-order chi connectivity index (χ1) is 6.27. The first-order valence-corrected chi connectivity index (χ1v) is 3.80. The molecule has 1 aromatic carbocycles. The summed E-state index contributed by atoms with van der Waals surface area (Å²) in [5.41, 5.74) is 1.20. The lowest BCUT2D eigenvalue weighted by Crippen LogP contribution is -1.85. The number of hydrogen-bond acceptors (Lipinski definition) is 3. The van der Waals surface area contributed by atoms with Gasteiger partial charge in [-0.15, -0.1) is 10.2 Å². The standard InChI is InChI=1S/C9H7FN2O/c1-6-2-3-7(8(10)4-6)9-12-11-5-13-9/h2-5H,1H3. The van der Waals surface area contributed by atoms with E-state index < -0.39 is 0 Å². The van der Waals surface area contributed by atoms with Crippen LogP contribution in [0.3, 0.4) is 0 Å². The summed E-state index contributed by atoms with van der Waals surface area (Å²) in [5.74, 6) is -0.137. The number of aromatic nitrogens is 2. The minimum Gasteiger partial charge on any atom is -0.423 e. The number of hydrogen-bond donors (Lipinski definition) is 0. The van der Waals surface area contributed by atoms with E-state index >= 15 is 0 Å². The molecule has 0 N–H and O–H groups in total. The molecule has 1 aromatic heterocycles. The zero-order valence-corrected chi connectivity index (χ0v) is 6.99. The normalized spacial score (nSPS) is 10.3. The third kappa shape index (κ3) is 1.42. The van der Waals surface area contributed by atoms with E-state index in [2.05, 4.69) is 10.2 Å². The highest BCUT2D eigenvalue weighted by Crippen LogP contribution is 2.20. The molecular formula is C9H7FN2O. The molecule has 1 heterocycles. The zero-order chi connectivity index (χ0) is 9.26. The Balaban J connectivity index is 2.53. The minimum atomic E-state index is -0.343. The van der Waals surface area contributed by atoms with E-state index in [1.807, 2.05) is 6.92 Å². The zero-order valence-electron chi connectivity index (χ0n) is 6.99. The van der Waals surface area contributed by atoms with Crippen molar-refractivity contribution in [1.82, 2.24) is 10.2 Å². The molecule has 0 radical (unpaired) electrons. The molecule has 13 heavy (non-hydrogen) atoms. The Bertz CT molecular complexity index is 412. The van der Waals surface area contributed by atoms with Gasteiger partial charge in [0.2, 0.25) is 12.3 Å². The van der Waals surface area contributed by atoms with Crippen LogP contribution in [0, 0.1) is 12.7 Å². The Hall–Kier alpha value is -1.71. The van der Waals surface area contributed by atoms with Crippen molar-refractivity contribution in [2.45, 2.75) is 6.92 Å². The summed E-state index contributed by atoms with van der Waals surface area (Å²) < 4.78 is 18.2. The van der Waals surface area contributed by atoms with Crippen LogP contribution in [0.15, 0.2) is 29.0 Å². The average Bonchev–Trinajstić information content (AvgIpc) is 2.56. The van der Waals surface area contributed by atoms with Crippen molar-refractivity contribution >= 4 is 0 Å². The summed E-state index contributed by atoms with van der Waals surface area (Å²) in [6, 6.07) is 4.85. The third-order valence-corrected chi connectivity index (χ3v) is 1.72. The van der Waals surface area contributed by atoms with Gasteiger partial charge in [-0.1, -0.05) is 6.07 Å². The van der Waals surface area contributed by atoms with E-state index in [-0.39, 0.29) is 11.7 Å². The van der Waals surface area contributed by atoms with Gasteiger partial charge >= 0.3 is 0 Å². The highest BCUT2D eigenvalue weighted by molar-refractivity contribution is 5.53. The van der Waals surface area contributed by atoms with Crippen LogP contribution in [-0.4, -0.2) is 10.2 Å². The quantitative estimate of drug-likeness (QED) is 0.671. The molecule has 0 aliphatic carbocycles. The molecule has 0 bridgehead atoms. The molecule has 0 saturated heterocycles. The van der Waals surface area contributed by atoms with Crippen LogP contribution in [-0.2, 0) is 0 Å². The summed E-state index contributed by atoms with van der Waals surface area (Å²) >= 11 is 0. The third-order valence-electron chi connectivity index (χ3n) is 1.72. The van der Waals surface area contributed by atoms with Gasteiger partial charge in [0.15, 0.2) is 0 Å². The summed E-state index contributed by atoms with van der Waals surface area (Å²) in [6.07, 6.45) is 1.18. The summed E-state index contributed by atoms with van der Waals surface area (Å²) in [4.78, 5) is 0. The van der Waals surface area contributed by atoms with Crippen molar-refractivity contribution in [3.63, 3.8) is 0 Å². The fraction of sp³-hybridized carbons (Fsp3) is 0.111. The maximum absolute atomic E-state index is 13.3. The van der Waals surface area contributed by atoms with Crippen molar-refractivity contribution in [3.05, 3.63) is 36.0 Å². The second-order valence-corrected chi connectivity index (χ2v) is 2.73. The summed E-state index contributed by atoms with van der Waals surface area (Å²) in [7, 11) is 0. The fourth-order valence-electron chi connectivity index (χ4n) is 1.08. The number of benzene rings is 1. The molecule has 0 fully saturated rings. The molecule has 66 valence electrons. The number of halogens is 1. The molecule has 0 amide bonds. The molecule has 4 heteroatoms. The predicted molar refractivity (Wildman–Crippen MR) is 44.4 cm³/mol. The van der Waals surface area contributed by atoms with Crippen LogP contribution in [0.4, 0.5) is 4.39 Å². The first-order valence-electron chi connectivity index (χ1n) is 3.80. The van der Waals surface area contributed by atoms with E-state index in [0.717, 1.165) is 5.56 Å².